The minimum atomic E-state index is -0.229. The average Bonchev–Trinajstić information content (AvgIpc) is 2.33. The fourth-order valence-corrected chi connectivity index (χ4v) is 2.87. The number of carbonyl (C=O) groups excluding carboxylic acids is 1. The SMILES string of the molecule is Cc1cccc(C2CCCCN2CC(N)=O)c1C. The average molecular weight is 246 g/mol. The van der Waals surface area contributed by atoms with Crippen molar-refractivity contribution >= 4 is 5.91 Å². The van der Waals surface area contributed by atoms with Crippen LogP contribution in [0.2, 0.25) is 0 Å². The highest BCUT2D eigenvalue weighted by Gasteiger charge is 2.26. The van der Waals surface area contributed by atoms with Crippen molar-refractivity contribution in [3.8, 4) is 0 Å². The smallest absolute Gasteiger partial charge is 0.231 e. The lowest BCUT2D eigenvalue weighted by atomic mass is 9.90. The normalized spacial score (nSPS) is 20.9. The van der Waals surface area contributed by atoms with Crippen molar-refractivity contribution in [2.24, 2.45) is 5.73 Å². The molecule has 3 heteroatoms. The van der Waals surface area contributed by atoms with Crippen molar-refractivity contribution in [3.63, 3.8) is 0 Å². The molecule has 0 saturated carbocycles. The van der Waals surface area contributed by atoms with E-state index in [9.17, 15) is 4.79 Å². The zero-order chi connectivity index (χ0) is 13.1. The summed E-state index contributed by atoms with van der Waals surface area (Å²) in [6, 6.07) is 6.78. The highest BCUT2D eigenvalue weighted by molar-refractivity contribution is 5.76. The van der Waals surface area contributed by atoms with Gasteiger partial charge in [-0.15, -0.1) is 0 Å². The molecule has 1 amide bonds. The summed E-state index contributed by atoms with van der Waals surface area (Å²) >= 11 is 0. The molecule has 0 aromatic heterocycles. The lowest BCUT2D eigenvalue weighted by Crippen LogP contribution is -2.39. The van der Waals surface area contributed by atoms with Gasteiger partial charge in [-0.25, -0.2) is 0 Å². The van der Waals surface area contributed by atoms with Gasteiger partial charge in [0.2, 0.25) is 5.91 Å². The van der Waals surface area contributed by atoms with E-state index in [-0.39, 0.29) is 5.91 Å². The third kappa shape index (κ3) is 2.72. The van der Waals surface area contributed by atoms with Gasteiger partial charge in [-0.3, -0.25) is 9.69 Å². The molecule has 1 aromatic rings. The van der Waals surface area contributed by atoms with Crippen molar-refractivity contribution in [2.75, 3.05) is 13.1 Å². The Labute approximate surface area is 109 Å². The van der Waals surface area contributed by atoms with Crippen molar-refractivity contribution in [3.05, 3.63) is 34.9 Å². The number of nitrogens with two attached hydrogens (primary N) is 1. The summed E-state index contributed by atoms with van der Waals surface area (Å²) < 4.78 is 0. The van der Waals surface area contributed by atoms with E-state index in [1.54, 1.807) is 0 Å². The van der Waals surface area contributed by atoms with Gasteiger partial charge in [0.05, 0.1) is 6.54 Å². The Kier molecular flexibility index (Phi) is 4.02. The van der Waals surface area contributed by atoms with E-state index < -0.39 is 0 Å². The standard InChI is InChI=1S/C15H22N2O/c1-11-6-5-7-13(12(11)2)14-8-3-4-9-17(14)10-15(16)18/h5-7,14H,3-4,8-10H2,1-2H3,(H2,16,18). The molecule has 98 valence electrons. The maximum Gasteiger partial charge on any atom is 0.231 e. The number of primary amides is 1. The van der Waals surface area contributed by atoms with Crippen LogP contribution in [0, 0.1) is 13.8 Å². The van der Waals surface area contributed by atoms with Crippen molar-refractivity contribution < 1.29 is 4.79 Å². The van der Waals surface area contributed by atoms with Crippen LogP contribution >= 0.6 is 0 Å². The van der Waals surface area contributed by atoms with Gasteiger partial charge >= 0.3 is 0 Å². The van der Waals surface area contributed by atoms with Gasteiger partial charge in [-0.05, 0) is 49.9 Å². The first kappa shape index (κ1) is 13.1. The number of hydrogen-bond donors (Lipinski definition) is 1. The molecule has 1 saturated heterocycles. The van der Waals surface area contributed by atoms with Crippen LogP contribution in [-0.4, -0.2) is 23.9 Å². The van der Waals surface area contributed by atoms with Gasteiger partial charge in [0, 0.05) is 6.04 Å². The van der Waals surface area contributed by atoms with E-state index in [1.807, 2.05) is 0 Å². The monoisotopic (exact) mass is 246 g/mol. The molecular formula is C15H22N2O. The first-order chi connectivity index (χ1) is 8.59. The predicted octanol–water partition coefficient (Wildman–Crippen LogP) is 2.32. The summed E-state index contributed by atoms with van der Waals surface area (Å²) in [5.74, 6) is -0.229. The van der Waals surface area contributed by atoms with Crippen LogP contribution in [0.25, 0.3) is 0 Å². The first-order valence-corrected chi connectivity index (χ1v) is 6.68. The van der Waals surface area contributed by atoms with Gasteiger partial charge in [0.25, 0.3) is 0 Å². The maximum atomic E-state index is 11.2. The summed E-state index contributed by atoms with van der Waals surface area (Å²) in [5, 5.41) is 0. The Balaban J connectivity index is 2.27. The summed E-state index contributed by atoms with van der Waals surface area (Å²) in [6.07, 6.45) is 3.51. The highest BCUT2D eigenvalue weighted by Crippen LogP contribution is 2.33. The maximum absolute atomic E-state index is 11.2. The lowest BCUT2D eigenvalue weighted by Gasteiger charge is -2.36. The topological polar surface area (TPSA) is 46.3 Å². The van der Waals surface area contributed by atoms with Crippen LogP contribution in [0.5, 0.6) is 0 Å². The lowest BCUT2D eigenvalue weighted by molar-refractivity contribution is -0.120. The molecule has 1 heterocycles. The fourth-order valence-electron chi connectivity index (χ4n) is 2.87. The van der Waals surface area contributed by atoms with E-state index in [0.29, 0.717) is 12.6 Å². The number of benzene rings is 1. The molecule has 1 atom stereocenters. The number of piperidine rings is 1. The molecular weight excluding hydrogens is 224 g/mol. The number of likely N-dealkylation sites (tertiary alicyclic amines) is 1. The van der Waals surface area contributed by atoms with Gasteiger partial charge in [0.15, 0.2) is 0 Å². The van der Waals surface area contributed by atoms with Crippen molar-refractivity contribution in [2.45, 2.75) is 39.2 Å². The third-order valence-corrected chi connectivity index (χ3v) is 3.98. The second-order valence-corrected chi connectivity index (χ2v) is 5.24. The molecule has 0 aliphatic carbocycles. The first-order valence-electron chi connectivity index (χ1n) is 6.68. The zero-order valence-electron chi connectivity index (χ0n) is 11.3. The fraction of sp³-hybridized carbons (Fsp3) is 0.533. The summed E-state index contributed by atoms with van der Waals surface area (Å²) in [6.45, 7) is 5.65. The molecule has 1 aromatic carbocycles. The molecule has 0 radical (unpaired) electrons. The van der Waals surface area contributed by atoms with E-state index in [4.69, 9.17) is 5.73 Å². The minimum absolute atomic E-state index is 0.229. The summed E-state index contributed by atoms with van der Waals surface area (Å²) in [5.41, 5.74) is 9.37. The number of carbonyl (C=O) groups is 1. The molecule has 1 aliphatic heterocycles. The quantitative estimate of drug-likeness (QED) is 0.889. The van der Waals surface area contributed by atoms with E-state index in [1.165, 1.54) is 23.1 Å². The number of rotatable bonds is 3. The minimum Gasteiger partial charge on any atom is -0.369 e. The van der Waals surface area contributed by atoms with Crippen LogP contribution < -0.4 is 5.73 Å². The molecule has 1 fully saturated rings. The molecule has 2 N–H and O–H groups in total. The molecule has 1 unspecified atom stereocenters. The highest BCUT2D eigenvalue weighted by atomic mass is 16.1. The molecule has 2 rings (SSSR count). The number of amides is 1. The van der Waals surface area contributed by atoms with E-state index >= 15 is 0 Å². The van der Waals surface area contributed by atoms with E-state index in [2.05, 4.69) is 36.9 Å². The van der Waals surface area contributed by atoms with Gasteiger partial charge in [0.1, 0.15) is 0 Å². The molecule has 1 aliphatic rings. The second-order valence-electron chi connectivity index (χ2n) is 5.24. The number of aryl methyl sites for hydroxylation is 1. The Bertz CT molecular complexity index is 442. The van der Waals surface area contributed by atoms with Crippen LogP contribution in [0.15, 0.2) is 18.2 Å². The predicted molar refractivity (Wildman–Crippen MR) is 73.3 cm³/mol. The largest absolute Gasteiger partial charge is 0.369 e. The summed E-state index contributed by atoms with van der Waals surface area (Å²) in [7, 11) is 0. The molecule has 18 heavy (non-hydrogen) atoms. The van der Waals surface area contributed by atoms with Gasteiger partial charge in [-0.1, -0.05) is 24.6 Å². The molecule has 0 bridgehead atoms. The van der Waals surface area contributed by atoms with E-state index in [0.717, 1.165) is 19.4 Å². The third-order valence-electron chi connectivity index (χ3n) is 3.98. The second kappa shape index (κ2) is 5.53. The van der Waals surface area contributed by atoms with Gasteiger partial charge in [-0.2, -0.15) is 0 Å². The number of nitrogens with zero attached hydrogens (tertiary/aromatic N) is 1. The zero-order valence-corrected chi connectivity index (χ0v) is 11.3. The van der Waals surface area contributed by atoms with Crippen LogP contribution in [0.1, 0.15) is 42.0 Å². The van der Waals surface area contributed by atoms with Crippen LogP contribution in [0.3, 0.4) is 0 Å². The van der Waals surface area contributed by atoms with Crippen molar-refractivity contribution in [1.82, 2.24) is 4.90 Å². The Morgan fingerprint density at radius 2 is 2.17 bits per heavy atom. The van der Waals surface area contributed by atoms with Crippen molar-refractivity contribution in [1.29, 1.82) is 0 Å². The number of hydrogen-bond acceptors (Lipinski definition) is 2. The van der Waals surface area contributed by atoms with Crippen LogP contribution in [-0.2, 0) is 4.79 Å². The Morgan fingerprint density at radius 1 is 1.39 bits per heavy atom. The Morgan fingerprint density at radius 3 is 2.89 bits per heavy atom. The molecule has 3 nitrogen and oxygen atoms in total. The summed E-state index contributed by atoms with van der Waals surface area (Å²) in [4.78, 5) is 13.4. The van der Waals surface area contributed by atoms with Gasteiger partial charge < -0.3 is 5.73 Å². The van der Waals surface area contributed by atoms with Crippen LogP contribution in [0.4, 0.5) is 0 Å². The Hall–Kier alpha value is -1.35. The molecule has 0 spiro atoms.